The molecule has 0 aromatic carbocycles. The van der Waals surface area contributed by atoms with E-state index in [1.807, 2.05) is 13.8 Å². The van der Waals surface area contributed by atoms with Crippen molar-refractivity contribution in [1.82, 2.24) is 25.2 Å². The van der Waals surface area contributed by atoms with Gasteiger partial charge in [-0.1, -0.05) is 11.3 Å². The van der Waals surface area contributed by atoms with Gasteiger partial charge in [-0.15, -0.1) is 0 Å². The van der Waals surface area contributed by atoms with Crippen LogP contribution in [-0.2, 0) is 17.8 Å². The predicted molar refractivity (Wildman–Crippen MR) is 136 cm³/mol. The molecule has 4 rings (SSSR count). The molecule has 2 aliphatic rings. The molecule has 1 fully saturated rings. The Labute approximate surface area is 215 Å². The quantitative estimate of drug-likeness (QED) is 0.483. The lowest BCUT2D eigenvalue weighted by molar-refractivity contribution is -0.117. The fraction of sp³-hybridized carbons (Fsp3) is 0.615. The van der Waals surface area contributed by atoms with Crippen LogP contribution >= 0.6 is 11.3 Å². The molecule has 7 nitrogen and oxygen atoms in total. The van der Waals surface area contributed by atoms with Gasteiger partial charge in [-0.05, 0) is 70.9 Å². The van der Waals surface area contributed by atoms with Gasteiger partial charge < -0.3 is 10.1 Å². The normalized spacial score (nSPS) is 20.9. The van der Waals surface area contributed by atoms with Crippen LogP contribution < -0.4 is 10.1 Å². The number of aromatic nitrogens is 3. The molecule has 196 valence electrons. The van der Waals surface area contributed by atoms with Crippen molar-refractivity contribution < 1.29 is 18.3 Å². The third-order valence-electron chi connectivity index (χ3n) is 6.83. The minimum atomic E-state index is -2.85. The zero-order chi connectivity index (χ0) is 25.7. The van der Waals surface area contributed by atoms with Crippen LogP contribution in [0.3, 0.4) is 0 Å². The van der Waals surface area contributed by atoms with Gasteiger partial charge in [-0.3, -0.25) is 9.69 Å². The highest BCUT2D eigenvalue weighted by Gasteiger charge is 2.27. The zero-order valence-corrected chi connectivity index (χ0v) is 22.0. The number of fused-ring (bicyclic) bond motifs is 1. The molecule has 36 heavy (non-hydrogen) atoms. The third kappa shape index (κ3) is 7.77. The summed E-state index contributed by atoms with van der Waals surface area (Å²) in [6.45, 7) is 6.69. The van der Waals surface area contributed by atoms with Gasteiger partial charge in [0.05, 0.1) is 5.69 Å². The molecule has 1 N–H and O–H groups in total. The standard InChI is InChI=1S/C26H35F2N5O2S/c1-17-20(14-29-18(2)30-17)6-9-24(34)31-21-7-4-19(5-8-21)10-12-33-13-11-23-22(15-33)32-25(36-23)35-16-26(3,27)28/h6,9,14,19,21H,4-5,7-8,10-13,15-16H2,1-3H3,(H,31,34)/b9-6+. The number of hydrogen-bond donors (Lipinski definition) is 1. The second kappa shape index (κ2) is 11.7. The molecule has 2 aromatic heterocycles. The van der Waals surface area contributed by atoms with Crippen LogP contribution in [0.25, 0.3) is 6.08 Å². The van der Waals surface area contributed by atoms with E-state index in [4.69, 9.17) is 4.74 Å². The first-order valence-corrected chi connectivity index (χ1v) is 13.5. The third-order valence-corrected chi connectivity index (χ3v) is 7.90. The van der Waals surface area contributed by atoms with Gasteiger partial charge in [0.1, 0.15) is 5.82 Å². The van der Waals surface area contributed by atoms with Crippen LogP contribution in [0.15, 0.2) is 12.3 Å². The second-order valence-corrected chi connectivity index (χ2v) is 11.1. The summed E-state index contributed by atoms with van der Waals surface area (Å²) in [7, 11) is 0. The smallest absolute Gasteiger partial charge is 0.278 e. The molecule has 0 saturated heterocycles. The first-order valence-electron chi connectivity index (χ1n) is 12.6. The Morgan fingerprint density at radius 2 is 2.06 bits per heavy atom. The lowest BCUT2D eigenvalue weighted by atomic mass is 9.84. The van der Waals surface area contributed by atoms with E-state index < -0.39 is 12.5 Å². The molecule has 3 heterocycles. The molecule has 1 aliphatic carbocycles. The Balaban J connectivity index is 1.16. The summed E-state index contributed by atoms with van der Waals surface area (Å²) in [6, 6.07) is 0.218. The number of rotatable bonds is 9. The predicted octanol–water partition coefficient (Wildman–Crippen LogP) is 4.72. The Bertz CT molecular complexity index is 1080. The Morgan fingerprint density at radius 1 is 1.28 bits per heavy atom. The summed E-state index contributed by atoms with van der Waals surface area (Å²) in [5, 5.41) is 3.48. The summed E-state index contributed by atoms with van der Waals surface area (Å²) in [6.07, 6.45) is 11.3. The topological polar surface area (TPSA) is 80.2 Å². The molecule has 1 aliphatic heterocycles. The van der Waals surface area contributed by atoms with Gasteiger partial charge in [0.15, 0.2) is 6.61 Å². The van der Waals surface area contributed by atoms with Crippen molar-refractivity contribution in [1.29, 1.82) is 0 Å². The van der Waals surface area contributed by atoms with E-state index in [1.54, 1.807) is 18.3 Å². The molecule has 0 radical (unpaired) electrons. The molecule has 0 bridgehead atoms. The Morgan fingerprint density at radius 3 is 2.78 bits per heavy atom. The van der Waals surface area contributed by atoms with Crippen LogP contribution in [-0.4, -0.2) is 57.4 Å². The molecular formula is C26H35F2N5O2S. The molecule has 0 atom stereocenters. The number of nitrogens with one attached hydrogen (secondary N) is 1. The van der Waals surface area contributed by atoms with Crippen molar-refractivity contribution in [2.75, 3.05) is 19.7 Å². The highest BCUT2D eigenvalue weighted by atomic mass is 32.1. The van der Waals surface area contributed by atoms with Gasteiger partial charge in [0.2, 0.25) is 5.91 Å². The average molecular weight is 520 g/mol. The molecule has 0 unspecified atom stereocenters. The lowest BCUT2D eigenvalue weighted by Gasteiger charge is -2.31. The van der Waals surface area contributed by atoms with Crippen molar-refractivity contribution in [2.45, 2.75) is 77.8 Å². The maximum absolute atomic E-state index is 13.1. The zero-order valence-electron chi connectivity index (χ0n) is 21.2. The van der Waals surface area contributed by atoms with E-state index in [0.717, 1.165) is 92.7 Å². The number of nitrogens with zero attached hydrogens (tertiary/aromatic N) is 4. The van der Waals surface area contributed by atoms with Crippen LogP contribution in [0.4, 0.5) is 8.78 Å². The molecule has 0 spiro atoms. The monoisotopic (exact) mass is 519 g/mol. The van der Waals surface area contributed by atoms with Crippen LogP contribution in [0, 0.1) is 19.8 Å². The number of thiazole rings is 1. The molecule has 10 heteroatoms. The molecule has 2 aromatic rings. The van der Waals surface area contributed by atoms with Gasteiger partial charge >= 0.3 is 0 Å². The number of alkyl halides is 2. The van der Waals surface area contributed by atoms with Crippen LogP contribution in [0.2, 0.25) is 0 Å². The summed E-state index contributed by atoms with van der Waals surface area (Å²) in [5.41, 5.74) is 2.68. The summed E-state index contributed by atoms with van der Waals surface area (Å²) in [4.78, 5) is 28.9. The first kappa shape index (κ1) is 26.6. The molecule has 1 amide bonds. The van der Waals surface area contributed by atoms with E-state index in [1.165, 1.54) is 11.3 Å². The Hall–Kier alpha value is -2.46. The Kier molecular flexibility index (Phi) is 8.66. The number of ether oxygens (including phenoxy) is 1. The number of hydrogen-bond acceptors (Lipinski definition) is 7. The highest BCUT2D eigenvalue weighted by molar-refractivity contribution is 7.13. The number of halogens is 2. The maximum Gasteiger partial charge on any atom is 0.278 e. The van der Waals surface area contributed by atoms with Gasteiger partial charge in [-0.2, -0.15) is 0 Å². The van der Waals surface area contributed by atoms with Crippen LogP contribution in [0.1, 0.15) is 66.7 Å². The second-order valence-electron chi connectivity index (χ2n) is 10.0. The van der Waals surface area contributed by atoms with Gasteiger partial charge in [-0.25, -0.2) is 23.7 Å². The molecular weight excluding hydrogens is 484 g/mol. The average Bonchev–Trinajstić information content (AvgIpc) is 3.24. The fourth-order valence-corrected chi connectivity index (χ4v) is 5.71. The summed E-state index contributed by atoms with van der Waals surface area (Å²) < 4.78 is 31.3. The SMILES string of the molecule is Cc1ncc(/C=C/C(=O)NC2CCC(CCN3CCc4sc(OCC(C)(F)F)nc4C3)CC2)c(C)n1. The number of amides is 1. The summed E-state index contributed by atoms with van der Waals surface area (Å²) >= 11 is 1.39. The van der Waals surface area contributed by atoms with Crippen molar-refractivity contribution in [3.05, 3.63) is 39.9 Å². The summed E-state index contributed by atoms with van der Waals surface area (Å²) in [5.74, 6) is -1.55. The van der Waals surface area contributed by atoms with E-state index in [-0.39, 0.29) is 11.9 Å². The number of carbonyl (C=O) groups excluding carboxylic acids is 1. The maximum atomic E-state index is 13.1. The van der Waals surface area contributed by atoms with E-state index >= 15 is 0 Å². The van der Waals surface area contributed by atoms with Crippen molar-refractivity contribution in [3.63, 3.8) is 0 Å². The highest BCUT2D eigenvalue weighted by Crippen LogP contribution is 2.32. The number of carbonyl (C=O) groups is 1. The fourth-order valence-electron chi connectivity index (χ4n) is 4.80. The van der Waals surface area contributed by atoms with Gasteiger partial charge in [0, 0.05) is 54.5 Å². The molecule has 1 saturated carbocycles. The number of aryl methyl sites for hydroxylation is 2. The van der Waals surface area contributed by atoms with Gasteiger partial charge in [0.25, 0.3) is 11.1 Å². The van der Waals surface area contributed by atoms with Crippen molar-refractivity contribution in [2.24, 2.45) is 5.92 Å². The lowest BCUT2D eigenvalue weighted by Crippen LogP contribution is -2.37. The van der Waals surface area contributed by atoms with Crippen LogP contribution in [0.5, 0.6) is 5.19 Å². The van der Waals surface area contributed by atoms with E-state index in [2.05, 4.69) is 25.2 Å². The van der Waals surface area contributed by atoms with Crippen molar-refractivity contribution >= 4 is 23.3 Å². The van der Waals surface area contributed by atoms with Crippen molar-refractivity contribution in [3.8, 4) is 5.19 Å². The first-order chi connectivity index (χ1) is 17.1. The largest absolute Gasteiger partial charge is 0.464 e. The minimum absolute atomic E-state index is 0.0724. The van der Waals surface area contributed by atoms with E-state index in [0.29, 0.717) is 11.1 Å². The minimum Gasteiger partial charge on any atom is -0.464 e. The van der Waals surface area contributed by atoms with E-state index in [9.17, 15) is 13.6 Å².